The van der Waals surface area contributed by atoms with Crippen LogP contribution >= 0.6 is 0 Å². The molecule has 0 fully saturated rings. The molecule has 3 nitrogen and oxygen atoms in total. The number of benzene rings is 1. The van der Waals surface area contributed by atoms with Crippen LogP contribution in [0.1, 0.15) is 0 Å². The zero-order valence-electron chi connectivity index (χ0n) is 10.1. The van der Waals surface area contributed by atoms with Gasteiger partial charge in [-0.2, -0.15) is 13.2 Å². The predicted octanol–water partition coefficient (Wildman–Crippen LogP) is 2.60. The molecule has 2 rings (SSSR count). The van der Waals surface area contributed by atoms with Gasteiger partial charge in [0, 0.05) is 11.9 Å². The molecule has 6 heteroatoms. The molecule has 0 aliphatic heterocycles. The highest BCUT2D eigenvalue weighted by Gasteiger charge is 2.31. The molecule has 0 saturated carbocycles. The normalized spacial score (nSPS) is 11.8. The van der Waals surface area contributed by atoms with Crippen LogP contribution in [0.4, 0.5) is 19.0 Å². The molecule has 1 N–H and O–H groups in total. The summed E-state index contributed by atoms with van der Waals surface area (Å²) in [5, 5.41) is 9.73. The second-order valence-electron chi connectivity index (χ2n) is 4.12. The molecule has 0 aliphatic rings. The zero-order valence-corrected chi connectivity index (χ0v) is 10.1. The van der Waals surface area contributed by atoms with Crippen LogP contribution in [-0.4, -0.2) is 36.0 Å². The molecule has 0 bridgehead atoms. The van der Waals surface area contributed by atoms with E-state index in [0.717, 1.165) is 10.3 Å². The van der Waals surface area contributed by atoms with Crippen molar-refractivity contribution in [2.24, 2.45) is 0 Å². The number of rotatable bonds is 4. The number of hydrogen-bond acceptors (Lipinski definition) is 3. The predicted molar refractivity (Wildman–Crippen MR) is 67.1 cm³/mol. The zero-order chi connectivity index (χ0) is 13.9. The fraction of sp³-hybridized carbons (Fsp3) is 0.308. The average molecular weight is 270 g/mol. The van der Waals surface area contributed by atoms with E-state index in [4.69, 9.17) is 5.11 Å². The minimum Gasteiger partial charge on any atom is -0.395 e. The summed E-state index contributed by atoms with van der Waals surface area (Å²) in [6.45, 7) is -1.59. The Labute approximate surface area is 108 Å². The van der Waals surface area contributed by atoms with Crippen LogP contribution in [0.25, 0.3) is 10.9 Å². The van der Waals surface area contributed by atoms with Crippen LogP contribution in [-0.2, 0) is 0 Å². The maximum atomic E-state index is 12.5. The highest BCUT2D eigenvalue weighted by Crippen LogP contribution is 2.22. The van der Waals surface area contributed by atoms with E-state index in [2.05, 4.69) is 4.98 Å². The molecular weight excluding hydrogens is 257 g/mol. The van der Waals surface area contributed by atoms with E-state index in [0.29, 0.717) is 5.52 Å². The number of alkyl halides is 3. The molecular formula is C13H13F3N2O. The van der Waals surface area contributed by atoms with Crippen molar-refractivity contribution in [1.29, 1.82) is 0 Å². The number of anilines is 1. The van der Waals surface area contributed by atoms with Gasteiger partial charge in [-0.3, -0.25) is 0 Å². The number of hydrogen-bond donors (Lipinski definition) is 1. The third-order valence-electron chi connectivity index (χ3n) is 2.65. The monoisotopic (exact) mass is 270 g/mol. The smallest absolute Gasteiger partial charge is 0.395 e. The summed E-state index contributed by atoms with van der Waals surface area (Å²) in [4.78, 5) is 5.21. The van der Waals surface area contributed by atoms with E-state index in [1.165, 1.54) is 6.07 Å². The fourth-order valence-corrected chi connectivity index (χ4v) is 1.84. The molecule has 0 saturated heterocycles. The second kappa shape index (κ2) is 5.44. The maximum absolute atomic E-state index is 12.5. The van der Waals surface area contributed by atoms with Gasteiger partial charge in [0.05, 0.1) is 12.1 Å². The molecule has 1 heterocycles. The van der Waals surface area contributed by atoms with E-state index in [1.54, 1.807) is 18.2 Å². The van der Waals surface area contributed by atoms with Crippen LogP contribution in [0, 0.1) is 0 Å². The number of nitrogens with zero attached hydrogens (tertiary/aromatic N) is 2. The quantitative estimate of drug-likeness (QED) is 0.927. The topological polar surface area (TPSA) is 36.4 Å². The van der Waals surface area contributed by atoms with Gasteiger partial charge in [-0.15, -0.1) is 0 Å². The first-order valence-corrected chi connectivity index (χ1v) is 5.78. The number of halogens is 3. The molecule has 1 aromatic carbocycles. The van der Waals surface area contributed by atoms with Gasteiger partial charge in [0.15, 0.2) is 0 Å². The standard InChI is InChI=1S/C13H13F3N2O/c14-13(15,16)9-18(7-8-19)12-6-5-10-3-1-2-4-11(10)17-12/h1-6,19H,7-9H2. The van der Waals surface area contributed by atoms with E-state index in [1.807, 2.05) is 12.1 Å². The number of pyridine rings is 1. The van der Waals surface area contributed by atoms with Gasteiger partial charge >= 0.3 is 6.18 Å². The van der Waals surface area contributed by atoms with Crippen molar-refractivity contribution in [2.75, 3.05) is 24.6 Å². The Morgan fingerprint density at radius 2 is 1.84 bits per heavy atom. The Kier molecular flexibility index (Phi) is 3.90. The minimum absolute atomic E-state index is 0.106. The first-order chi connectivity index (χ1) is 8.99. The first kappa shape index (κ1) is 13.6. The van der Waals surface area contributed by atoms with Gasteiger partial charge in [0.2, 0.25) is 0 Å². The van der Waals surface area contributed by atoms with Crippen LogP contribution in [0.5, 0.6) is 0 Å². The van der Waals surface area contributed by atoms with Crippen molar-refractivity contribution >= 4 is 16.7 Å². The van der Waals surface area contributed by atoms with Crippen molar-refractivity contribution in [1.82, 2.24) is 4.98 Å². The number of aromatic nitrogens is 1. The van der Waals surface area contributed by atoms with Crippen molar-refractivity contribution in [3.63, 3.8) is 0 Å². The van der Waals surface area contributed by atoms with Crippen molar-refractivity contribution in [3.05, 3.63) is 36.4 Å². The molecule has 0 radical (unpaired) electrons. The molecule has 19 heavy (non-hydrogen) atoms. The van der Waals surface area contributed by atoms with Crippen LogP contribution in [0.15, 0.2) is 36.4 Å². The summed E-state index contributed by atoms with van der Waals surface area (Å²) in [5.41, 5.74) is 0.630. The lowest BCUT2D eigenvalue weighted by Gasteiger charge is -2.24. The SMILES string of the molecule is OCCN(CC(F)(F)F)c1ccc2ccccc2n1. The summed E-state index contributed by atoms with van der Waals surface area (Å²) < 4.78 is 37.4. The molecule has 0 spiro atoms. The van der Waals surface area contributed by atoms with Gasteiger partial charge in [0.1, 0.15) is 12.4 Å². The molecule has 2 aromatic rings. The lowest BCUT2D eigenvalue weighted by molar-refractivity contribution is -0.119. The van der Waals surface area contributed by atoms with Crippen molar-refractivity contribution < 1.29 is 18.3 Å². The Bertz CT molecular complexity index is 557. The Morgan fingerprint density at radius 1 is 1.11 bits per heavy atom. The Morgan fingerprint density at radius 3 is 2.53 bits per heavy atom. The average Bonchev–Trinajstić information content (AvgIpc) is 2.36. The summed E-state index contributed by atoms with van der Waals surface area (Å²) in [6, 6.07) is 10.4. The largest absolute Gasteiger partial charge is 0.405 e. The highest BCUT2D eigenvalue weighted by molar-refractivity contribution is 5.80. The number of aliphatic hydroxyl groups excluding tert-OH is 1. The molecule has 102 valence electrons. The van der Waals surface area contributed by atoms with Crippen LogP contribution < -0.4 is 4.90 Å². The van der Waals surface area contributed by atoms with E-state index in [-0.39, 0.29) is 19.0 Å². The maximum Gasteiger partial charge on any atom is 0.405 e. The van der Waals surface area contributed by atoms with Gasteiger partial charge in [0.25, 0.3) is 0 Å². The molecule has 1 aromatic heterocycles. The summed E-state index contributed by atoms with van der Waals surface area (Å²) >= 11 is 0. The van der Waals surface area contributed by atoms with Crippen molar-refractivity contribution in [2.45, 2.75) is 6.18 Å². The van der Waals surface area contributed by atoms with Crippen LogP contribution in [0.3, 0.4) is 0 Å². The summed E-state index contributed by atoms with van der Waals surface area (Å²) in [6.07, 6.45) is -4.33. The third-order valence-corrected chi connectivity index (χ3v) is 2.65. The number of fused-ring (bicyclic) bond motifs is 1. The lowest BCUT2D eigenvalue weighted by atomic mass is 10.2. The molecule has 0 atom stereocenters. The summed E-state index contributed by atoms with van der Waals surface area (Å²) in [5.74, 6) is 0.213. The fourth-order valence-electron chi connectivity index (χ4n) is 1.84. The van der Waals surface area contributed by atoms with E-state index < -0.39 is 12.7 Å². The molecule has 0 unspecified atom stereocenters. The summed E-state index contributed by atoms with van der Waals surface area (Å²) in [7, 11) is 0. The molecule has 0 aliphatic carbocycles. The lowest BCUT2D eigenvalue weighted by Crippen LogP contribution is -2.36. The van der Waals surface area contributed by atoms with E-state index >= 15 is 0 Å². The van der Waals surface area contributed by atoms with Crippen LogP contribution in [0.2, 0.25) is 0 Å². The first-order valence-electron chi connectivity index (χ1n) is 5.78. The highest BCUT2D eigenvalue weighted by atomic mass is 19.4. The molecule has 0 amide bonds. The minimum atomic E-state index is -4.33. The van der Waals surface area contributed by atoms with Crippen molar-refractivity contribution in [3.8, 4) is 0 Å². The van der Waals surface area contributed by atoms with Gasteiger partial charge < -0.3 is 10.0 Å². The number of aliphatic hydroxyl groups is 1. The Balaban J connectivity index is 2.33. The van der Waals surface area contributed by atoms with Gasteiger partial charge in [-0.1, -0.05) is 18.2 Å². The van der Waals surface area contributed by atoms with E-state index in [9.17, 15) is 13.2 Å². The second-order valence-corrected chi connectivity index (χ2v) is 4.12. The Hall–Kier alpha value is -1.82. The number of para-hydroxylation sites is 1. The third kappa shape index (κ3) is 3.57. The van der Waals surface area contributed by atoms with Gasteiger partial charge in [-0.05, 0) is 18.2 Å². The van der Waals surface area contributed by atoms with Gasteiger partial charge in [-0.25, -0.2) is 4.98 Å².